The Morgan fingerprint density at radius 1 is 1.26 bits per heavy atom. The average molecular weight is 347 g/mol. The third-order valence-electron chi connectivity index (χ3n) is 4.32. The van der Waals surface area contributed by atoms with Crippen molar-refractivity contribution in [2.24, 2.45) is 0 Å². The Balaban J connectivity index is 2.16. The number of hydrogen-bond acceptors (Lipinski definition) is 4. The van der Waals surface area contributed by atoms with Crippen LogP contribution in [0.1, 0.15) is 25.3 Å². The fourth-order valence-electron chi connectivity index (χ4n) is 2.73. The summed E-state index contributed by atoms with van der Waals surface area (Å²) in [5.74, 6) is -2.24. The van der Waals surface area contributed by atoms with Crippen LogP contribution < -0.4 is 0 Å². The largest absolute Gasteiger partial charge is 0.385 e. The van der Waals surface area contributed by atoms with Crippen LogP contribution in [0.5, 0.6) is 0 Å². The van der Waals surface area contributed by atoms with Crippen LogP contribution in [0.3, 0.4) is 0 Å². The molecule has 0 aromatic heterocycles. The third-order valence-corrected chi connectivity index (χ3v) is 5.81. The van der Waals surface area contributed by atoms with E-state index >= 15 is 0 Å². The Bertz CT molecular complexity index is 692. The van der Waals surface area contributed by atoms with Gasteiger partial charge in [-0.2, -0.15) is 0 Å². The van der Waals surface area contributed by atoms with Crippen LogP contribution >= 0.6 is 0 Å². The van der Waals surface area contributed by atoms with Gasteiger partial charge in [0.15, 0.2) is 9.84 Å². The van der Waals surface area contributed by atoms with Crippen molar-refractivity contribution < 1.29 is 27.1 Å². The second-order valence-electron chi connectivity index (χ2n) is 5.93. The lowest BCUT2D eigenvalue weighted by Crippen LogP contribution is -2.49. The summed E-state index contributed by atoms with van der Waals surface area (Å²) in [5, 5.41) is 9.38. The smallest absolute Gasteiger partial charge is 0.240 e. The maximum absolute atomic E-state index is 13.9. The van der Waals surface area contributed by atoms with Gasteiger partial charge in [-0.3, -0.25) is 4.79 Å². The van der Waals surface area contributed by atoms with Crippen LogP contribution in [-0.2, 0) is 20.2 Å². The zero-order chi connectivity index (χ0) is 17.4. The molecule has 1 aliphatic heterocycles. The molecule has 128 valence electrons. The van der Waals surface area contributed by atoms with Crippen LogP contribution in [0, 0.1) is 11.6 Å². The minimum atomic E-state index is -3.52. The molecule has 23 heavy (non-hydrogen) atoms. The molecule has 1 aromatic carbocycles. The highest BCUT2D eigenvalue weighted by Crippen LogP contribution is 2.36. The Morgan fingerprint density at radius 3 is 2.17 bits per heavy atom. The van der Waals surface area contributed by atoms with Gasteiger partial charge in [-0.25, -0.2) is 17.2 Å². The summed E-state index contributed by atoms with van der Waals surface area (Å²) >= 11 is 0. The number of hydrogen-bond donors (Lipinski definition) is 1. The van der Waals surface area contributed by atoms with E-state index < -0.39 is 43.8 Å². The number of nitrogens with zero attached hydrogens (tertiary/aromatic N) is 1. The predicted molar refractivity (Wildman–Crippen MR) is 80.4 cm³/mol. The van der Waals surface area contributed by atoms with Crippen molar-refractivity contribution >= 4 is 15.7 Å². The molecule has 1 atom stereocenters. The number of benzene rings is 1. The first kappa shape index (κ1) is 17.8. The van der Waals surface area contributed by atoms with Gasteiger partial charge in [0.1, 0.15) is 16.9 Å². The molecule has 1 aromatic rings. The van der Waals surface area contributed by atoms with E-state index in [1.807, 2.05) is 0 Å². The fourth-order valence-corrected chi connectivity index (χ4v) is 3.24. The SMILES string of the molecule is C[C@H](C(=O)N1CCC(O)(c2c(F)cccc2F)CC1)S(C)(=O)=O. The minimum Gasteiger partial charge on any atom is -0.385 e. The Labute approximate surface area is 133 Å². The van der Waals surface area contributed by atoms with E-state index in [4.69, 9.17) is 0 Å². The number of amides is 1. The van der Waals surface area contributed by atoms with Crippen molar-refractivity contribution in [1.82, 2.24) is 4.90 Å². The summed E-state index contributed by atoms with van der Waals surface area (Å²) in [5.41, 5.74) is -2.11. The summed E-state index contributed by atoms with van der Waals surface area (Å²) in [4.78, 5) is 13.4. The zero-order valence-corrected chi connectivity index (χ0v) is 13.7. The number of sulfone groups is 1. The molecular formula is C15H19F2NO4S. The van der Waals surface area contributed by atoms with E-state index in [1.54, 1.807) is 0 Å². The molecule has 1 aliphatic rings. The van der Waals surface area contributed by atoms with E-state index in [-0.39, 0.29) is 25.9 Å². The van der Waals surface area contributed by atoms with Crippen molar-refractivity contribution in [2.45, 2.75) is 30.6 Å². The van der Waals surface area contributed by atoms with Crippen LogP contribution in [0.4, 0.5) is 8.78 Å². The number of carbonyl (C=O) groups excluding carboxylic acids is 1. The van der Waals surface area contributed by atoms with Crippen LogP contribution in [-0.4, -0.2) is 48.9 Å². The number of carbonyl (C=O) groups is 1. The summed E-state index contributed by atoms with van der Waals surface area (Å²) in [7, 11) is -3.52. The standard InChI is InChI=1S/C15H19F2NO4S/c1-10(23(2,21)22)14(19)18-8-6-15(20,7-9-18)13-11(16)4-3-5-12(13)17/h3-5,10,20H,6-9H2,1-2H3/t10-/m1/s1. The molecule has 0 saturated carbocycles. The summed E-state index contributed by atoms with van der Waals surface area (Å²) in [6.45, 7) is 1.36. The van der Waals surface area contributed by atoms with Gasteiger partial charge < -0.3 is 10.0 Å². The molecule has 1 N–H and O–H groups in total. The third kappa shape index (κ3) is 3.53. The van der Waals surface area contributed by atoms with Crippen molar-refractivity contribution in [2.75, 3.05) is 19.3 Å². The highest BCUT2D eigenvalue weighted by atomic mass is 32.2. The average Bonchev–Trinajstić information content (AvgIpc) is 2.45. The molecule has 1 fully saturated rings. The van der Waals surface area contributed by atoms with Crippen LogP contribution in [0.25, 0.3) is 0 Å². The molecule has 5 nitrogen and oxygen atoms in total. The first-order valence-electron chi connectivity index (χ1n) is 7.21. The molecule has 0 bridgehead atoms. The predicted octanol–water partition coefficient (Wildman–Crippen LogP) is 1.21. The molecule has 8 heteroatoms. The second kappa shape index (κ2) is 6.16. The Hall–Kier alpha value is -1.54. The second-order valence-corrected chi connectivity index (χ2v) is 8.29. The maximum atomic E-state index is 13.9. The number of rotatable bonds is 3. The Morgan fingerprint density at radius 2 is 1.74 bits per heavy atom. The lowest BCUT2D eigenvalue weighted by molar-refractivity contribution is -0.135. The monoisotopic (exact) mass is 347 g/mol. The van der Waals surface area contributed by atoms with Crippen molar-refractivity contribution in [1.29, 1.82) is 0 Å². The summed E-state index contributed by atoms with van der Waals surface area (Å²) in [6, 6.07) is 3.35. The van der Waals surface area contributed by atoms with Gasteiger partial charge in [0.05, 0.1) is 11.2 Å². The number of aliphatic hydroxyl groups is 1. The topological polar surface area (TPSA) is 74.7 Å². The normalized spacial score (nSPS) is 19.4. The van der Waals surface area contributed by atoms with E-state index in [9.17, 15) is 27.1 Å². The lowest BCUT2D eigenvalue weighted by atomic mass is 9.83. The minimum absolute atomic E-state index is 0.0307. The van der Waals surface area contributed by atoms with E-state index in [0.717, 1.165) is 18.4 Å². The van der Waals surface area contributed by atoms with Crippen molar-refractivity contribution in [3.8, 4) is 0 Å². The van der Waals surface area contributed by atoms with Gasteiger partial charge in [-0.15, -0.1) is 0 Å². The van der Waals surface area contributed by atoms with Crippen LogP contribution in [0.15, 0.2) is 18.2 Å². The molecule has 1 heterocycles. The van der Waals surface area contributed by atoms with Gasteiger partial charge >= 0.3 is 0 Å². The van der Waals surface area contributed by atoms with Gasteiger partial charge in [0.2, 0.25) is 5.91 Å². The summed E-state index contributed by atoms with van der Waals surface area (Å²) < 4.78 is 50.6. The van der Waals surface area contributed by atoms with Crippen molar-refractivity contribution in [3.05, 3.63) is 35.4 Å². The van der Waals surface area contributed by atoms with E-state index in [1.165, 1.54) is 17.9 Å². The van der Waals surface area contributed by atoms with E-state index in [2.05, 4.69) is 0 Å². The van der Waals surface area contributed by atoms with E-state index in [0.29, 0.717) is 0 Å². The lowest BCUT2D eigenvalue weighted by Gasteiger charge is -2.39. The number of halogens is 2. The summed E-state index contributed by atoms with van der Waals surface area (Å²) in [6.07, 6.45) is 0.852. The van der Waals surface area contributed by atoms with Gasteiger partial charge in [0.25, 0.3) is 0 Å². The molecule has 0 unspecified atom stereocenters. The zero-order valence-electron chi connectivity index (χ0n) is 12.9. The molecular weight excluding hydrogens is 328 g/mol. The van der Waals surface area contributed by atoms with Gasteiger partial charge in [-0.05, 0) is 31.9 Å². The molecule has 0 spiro atoms. The molecule has 0 aliphatic carbocycles. The maximum Gasteiger partial charge on any atom is 0.240 e. The highest BCUT2D eigenvalue weighted by Gasteiger charge is 2.40. The van der Waals surface area contributed by atoms with Gasteiger partial charge in [-0.1, -0.05) is 6.07 Å². The number of piperidine rings is 1. The van der Waals surface area contributed by atoms with Crippen LogP contribution in [0.2, 0.25) is 0 Å². The fraction of sp³-hybridized carbons (Fsp3) is 0.533. The Kier molecular flexibility index (Phi) is 4.77. The first-order chi connectivity index (χ1) is 10.6. The first-order valence-corrected chi connectivity index (χ1v) is 9.16. The molecule has 2 rings (SSSR count). The molecule has 1 amide bonds. The highest BCUT2D eigenvalue weighted by molar-refractivity contribution is 7.92. The van der Waals surface area contributed by atoms with Crippen molar-refractivity contribution in [3.63, 3.8) is 0 Å². The molecule has 1 saturated heterocycles. The molecule has 0 radical (unpaired) electrons. The quantitative estimate of drug-likeness (QED) is 0.892. The van der Waals surface area contributed by atoms with Gasteiger partial charge in [0, 0.05) is 19.3 Å². The number of likely N-dealkylation sites (tertiary alicyclic amines) is 1.